The van der Waals surface area contributed by atoms with Crippen molar-refractivity contribution in [3.05, 3.63) is 36.3 Å². The lowest BCUT2D eigenvalue weighted by Crippen LogP contribution is -2.14. The molecule has 3 heteroatoms. The van der Waals surface area contributed by atoms with Crippen molar-refractivity contribution in [2.75, 3.05) is 0 Å². The highest BCUT2D eigenvalue weighted by Gasteiger charge is 2.21. The Morgan fingerprint density at radius 1 is 1.06 bits per heavy atom. The summed E-state index contributed by atoms with van der Waals surface area (Å²) in [5.41, 5.74) is 3.16. The SMILES string of the molecule is CC(C)(C)c1ncnc2[nH]c3ccccc3c12. The molecule has 0 fully saturated rings. The Balaban J connectivity index is 2.52. The molecule has 0 aliphatic carbocycles. The summed E-state index contributed by atoms with van der Waals surface area (Å²) >= 11 is 0. The van der Waals surface area contributed by atoms with Crippen molar-refractivity contribution in [1.82, 2.24) is 15.0 Å². The number of fused-ring (bicyclic) bond motifs is 3. The van der Waals surface area contributed by atoms with Gasteiger partial charge in [-0.1, -0.05) is 39.0 Å². The first-order valence-electron chi connectivity index (χ1n) is 5.79. The topological polar surface area (TPSA) is 41.6 Å². The molecule has 3 aromatic rings. The van der Waals surface area contributed by atoms with Crippen molar-refractivity contribution >= 4 is 21.9 Å². The Morgan fingerprint density at radius 3 is 2.59 bits per heavy atom. The molecule has 0 bridgehead atoms. The highest BCUT2D eigenvalue weighted by Crippen LogP contribution is 2.32. The number of rotatable bonds is 0. The maximum Gasteiger partial charge on any atom is 0.142 e. The molecule has 3 rings (SSSR count). The molecular formula is C14H15N3. The second kappa shape index (κ2) is 3.29. The van der Waals surface area contributed by atoms with Gasteiger partial charge < -0.3 is 4.98 Å². The van der Waals surface area contributed by atoms with Gasteiger partial charge in [-0.3, -0.25) is 0 Å². The van der Waals surface area contributed by atoms with Crippen LogP contribution in [-0.2, 0) is 5.41 Å². The van der Waals surface area contributed by atoms with Crippen molar-refractivity contribution < 1.29 is 0 Å². The first kappa shape index (κ1) is 10.3. The van der Waals surface area contributed by atoms with Crippen LogP contribution in [0.3, 0.4) is 0 Å². The summed E-state index contributed by atoms with van der Waals surface area (Å²) in [5, 5.41) is 2.35. The fraction of sp³-hybridized carbons (Fsp3) is 0.286. The van der Waals surface area contributed by atoms with Gasteiger partial charge in [0.25, 0.3) is 0 Å². The van der Waals surface area contributed by atoms with Gasteiger partial charge in [0.2, 0.25) is 0 Å². The summed E-state index contributed by atoms with van der Waals surface area (Å²) in [4.78, 5) is 12.1. The van der Waals surface area contributed by atoms with Gasteiger partial charge in [0.1, 0.15) is 12.0 Å². The van der Waals surface area contributed by atoms with Crippen LogP contribution in [0.5, 0.6) is 0 Å². The predicted molar refractivity (Wildman–Crippen MR) is 70.1 cm³/mol. The van der Waals surface area contributed by atoms with E-state index in [1.165, 1.54) is 5.39 Å². The molecular weight excluding hydrogens is 210 g/mol. The number of hydrogen-bond acceptors (Lipinski definition) is 2. The lowest BCUT2D eigenvalue weighted by atomic mass is 9.89. The predicted octanol–water partition coefficient (Wildman–Crippen LogP) is 3.41. The molecule has 2 heterocycles. The first-order chi connectivity index (χ1) is 8.07. The zero-order valence-corrected chi connectivity index (χ0v) is 10.3. The summed E-state index contributed by atoms with van der Waals surface area (Å²) in [6.45, 7) is 6.53. The third-order valence-corrected chi connectivity index (χ3v) is 3.01. The quantitative estimate of drug-likeness (QED) is 0.637. The molecule has 0 spiro atoms. The minimum atomic E-state index is 0.0200. The number of aromatic amines is 1. The number of para-hydroxylation sites is 1. The van der Waals surface area contributed by atoms with Crippen LogP contribution in [0, 0.1) is 0 Å². The smallest absolute Gasteiger partial charge is 0.142 e. The first-order valence-corrected chi connectivity index (χ1v) is 5.79. The van der Waals surface area contributed by atoms with Gasteiger partial charge in [-0.2, -0.15) is 0 Å². The standard InChI is InChI=1S/C14H15N3/c1-14(2,3)12-11-9-6-4-5-7-10(9)17-13(11)16-8-15-12/h4-8H,1-3H3,(H,15,16,17). The molecule has 0 atom stereocenters. The molecule has 2 aromatic heterocycles. The normalized spacial score (nSPS) is 12.4. The molecule has 17 heavy (non-hydrogen) atoms. The highest BCUT2D eigenvalue weighted by molar-refractivity contribution is 6.07. The van der Waals surface area contributed by atoms with Crippen LogP contribution in [0.4, 0.5) is 0 Å². The largest absolute Gasteiger partial charge is 0.339 e. The second-order valence-corrected chi connectivity index (χ2v) is 5.37. The molecule has 0 unspecified atom stereocenters. The fourth-order valence-electron chi connectivity index (χ4n) is 2.24. The number of aromatic nitrogens is 3. The summed E-state index contributed by atoms with van der Waals surface area (Å²) in [7, 11) is 0. The van der Waals surface area contributed by atoms with E-state index in [1.54, 1.807) is 6.33 Å². The molecule has 0 amide bonds. The van der Waals surface area contributed by atoms with E-state index in [0.717, 1.165) is 22.2 Å². The average Bonchev–Trinajstić information content (AvgIpc) is 2.65. The fourth-order valence-corrected chi connectivity index (χ4v) is 2.24. The maximum absolute atomic E-state index is 4.47. The van der Waals surface area contributed by atoms with Crippen LogP contribution in [0.2, 0.25) is 0 Å². The van der Waals surface area contributed by atoms with Crippen LogP contribution in [0.15, 0.2) is 30.6 Å². The van der Waals surface area contributed by atoms with E-state index in [2.05, 4.69) is 53.9 Å². The monoisotopic (exact) mass is 225 g/mol. The zero-order chi connectivity index (χ0) is 12.0. The third-order valence-electron chi connectivity index (χ3n) is 3.01. The Bertz CT molecular complexity index is 689. The van der Waals surface area contributed by atoms with Crippen molar-refractivity contribution in [2.24, 2.45) is 0 Å². The van der Waals surface area contributed by atoms with Crippen molar-refractivity contribution in [3.8, 4) is 0 Å². The molecule has 0 saturated heterocycles. The Hall–Kier alpha value is -1.90. The van der Waals surface area contributed by atoms with Gasteiger partial charge in [-0.25, -0.2) is 9.97 Å². The van der Waals surface area contributed by atoms with E-state index >= 15 is 0 Å². The minimum absolute atomic E-state index is 0.0200. The summed E-state index contributed by atoms with van der Waals surface area (Å²) in [6.07, 6.45) is 1.64. The highest BCUT2D eigenvalue weighted by atomic mass is 14.9. The average molecular weight is 225 g/mol. The molecule has 1 N–H and O–H groups in total. The van der Waals surface area contributed by atoms with Crippen molar-refractivity contribution in [1.29, 1.82) is 0 Å². The number of nitrogens with one attached hydrogen (secondary N) is 1. The summed E-state index contributed by atoms with van der Waals surface area (Å²) in [5.74, 6) is 0. The molecule has 1 aromatic carbocycles. The van der Waals surface area contributed by atoms with Crippen LogP contribution >= 0.6 is 0 Å². The third kappa shape index (κ3) is 1.50. The van der Waals surface area contributed by atoms with Gasteiger partial charge in [0.15, 0.2) is 0 Å². The van der Waals surface area contributed by atoms with Crippen molar-refractivity contribution in [3.63, 3.8) is 0 Å². The molecule has 0 aliphatic heterocycles. The van der Waals surface area contributed by atoms with E-state index < -0.39 is 0 Å². The summed E-state index contributed by atoms with van der Waals surface area (Å²) < 4.78 is 0. The molecule has 0 radical (unpaired) electrons. The van der Waals surface area contributed by atoms with E-state index in [0.29, 0.717) is 0 Å². The number of hydrogen-bond donors (Lipinski definition) is 1. The van der Waals surface area contributed by atoms with Gasteiger partial charge in [-0.05, 0) is 6.07 Å². The lowest BCUT2D eigenvalue weighted by Gasteiger charge is -2.18. The van der Waals surface area contributed by atoms with Crippen LogP contribution in [0.1, 0.15) is 26.5 Å². The van der Waals surface area contributed by atoms with Gasteiger partial charge in [0, 0.05) is 21.7 Å². The van der Waals surface area contributed by atoms with Gasteiger partial charge in [0.05, 0.1) is 5.69 Å². The van der Waals surface area contributed by atoms with E-state index in [1.807, 2.05) is 6.07 Å². The molecule has 3 nitrogen and oxygen atoms in total. The van der Waals surface area contributed by atoms with E-state index in [4.69, 9.17) is 0 Å². The molecule has 0 saturated carbocycles. The van der Waals surface area contributed by atoms with Crippen molar-refractivity contribution in [2.45, 2.75) is 26.2 Å². The Kier molecular flexibility index (Phi) is 1.99. The zero-order valence-electron chi connectivity index (χ0n) is 10.3. The summed E-state index contributed by atoms with van der Waals surface area (Å²) in [6, 6.07) is 8.27. The van der Waals surface area contributed by atoms with Crippen LogP contribution in [0.25, 0.3) is 21.9 Å². The minimum Gasteiger partial charge on any atom is -0.339 e. The maximum atomic E-state index is 4.47. The van der Waals surface area contributed by atoms with Gasteiger partial charge in [-0.15, -0.1) is 0 Å². The Labute approximate surface area is 99.9 Å². The van der Waals surface area contributed by atoms with Gasteiger partial charge >= 0.3 is 0 Å². The Morgan fingerprint density at radius 2 is 1.82 bits per heavy atom. The lowest BCUT2D eigenvalue weighted by molar-refractivity contribution is 0.574. The molecule has 0 aliphatic rings. The number of nitrogens with zero attached hydrogens (tertiary/aromatic N) is 2. The molecule has 86 valence electrons. The number of benzene rings is 1. The van der Waals surface area contributed by atoms with E-state index in [9.17, 15) is 0 Å². The van der Waals surface area contributed by atoms with E-state index in [-0.39, 0.29) is 5.41 Å². The van der Waals surface area contributed by atoms with Crippen LogP contribution in [-0.4, -0.2) is 15.0 Å². The number of H-pyrrole nitrogens is 1. The second-order valence-electron chi connectivity index (χ2n) is 5.37. The van der Waals surface area contributed by atoms with Crippen LogP contribution < -0.4 is 0 Å².